The maximum Gasteiger partial charge on any atom is 0.416 e. The molecule has 0 spiro atoms. The van der Waals surface area contributed by atoms with Crippen molar-refractivity contribution in [2.75, 3.05) is 0 Å². The second-order valence-electron chi connectivity index (χ2n) is 3.72. The average molecular weight is 252 g/mol. The third-order valence-corrected chi connectivity index (χ3v) is 2.57. The molecule has 0 N–H and O–H groups in total. The Morgan fingerprint density at radius 3 is 2.06 bits per heavy atom. The number of fused-ring (bicyclic) bond motifs is 1. The van der Waals surface area contributed by atoms with Crippen LogP contribution in [0.15, 0.2) is 23.8 Å². The lowest BCUT2D eigenvalue weighted by atomic mass is 10.0. The van der Waals surface area contributed by atoms with E-state index < -0.39 is 29.9 Å². The Morgan fingerprint density at radius 2 is 1.53 bits per heavy atom. The first-order chi connectivity index (χ1) is 7.69. The van der Waals surface area contributed by atoms with Crippen molar-refractivity contribution >= 4 is 6.08 Å². The van der Waals surface area contributed by atoms with E-state index >= 15 is 0 Å². The van der Waals surface area contributed by atoms with E-state index in [1.165, 1.54) is 6.07 Å². The molecule has 2 rings (SSSR count). The lowest BCUT2D eigenvalue weighted by molar-refractivity contribution is -0.137. The Kier molecular flexibility index (Phi) is 2.48. The summed E-state index contributed by atoms with van der Waals surface area (Å²) in [6, 6.07) is 3.18. The van der Waals surface area contributed by atoms with Crippen molar-refractivity contribution in [3.05, 3.63) is 40.5 Å². The van der Waals surface area contributed by atoms with Gasteiger partial charge >= 0.3 is 12.4 Å². The number of alkyl halides is 6. The molecule has 17 heavy (non-hydrogen) atoms. The standard InChI is InChI=1S/C11H6F6/c12-10(13,14)7-4-6-2-1-3-9(8(6)5-7)11(15,16)17/h1-3,5H,4H2. The number of rotatable bonds is 0. The van der Waals surface area contributed by atoms with Crippen molar-refractivity contribution in [2.24, 2.45) is 0 Å². The first kappa shape index (κ1) is 12.0. The van der Waals surface area contributed by atoms with Gasteiger partial charge in [0.1, 0.15) is 0 Å². The van der Waals surface area contributed by atoms with Gasteiger partial charge < -0.3 is 0 Å². The molecule has 0 nitrogen and oxygen atoms in total. The van der Waals surface area contributed by atoms with E-state index in [0.717, 1.165) is 12.1 Å². The van der Waals surface area contributed by atoms with Gasteiger partial charge in [0.2, 0.25) is 0 Å². The number of benzene rings is 1. The van der Waals surface area contributed by atoms with Crippen LogP contribution in [0.3, 0.4) is 0 Å². The van der Waals surface area contributed by atoms with Crippen LogP contribution in [0, 0.1) is 0 Å². The minimum Gasteiger partial charge on any atom is -0.166 e. The van der Waals surface area contributed by atoms with Crippen molar-refractivity contribution in [3.63, 3.8) is 0 Å². The molecule has 1 aliphatic rings. The number of hydrogen-bond acceptors (Lipinski definition) is 0. The molecule has 6 heteroatoms. The Balaban J connectivity index is 2.52. The molecule has 0 saturated carbocycles. The molecule has 1 aromatic carbocycles. The highest BCUT2D eigenvalue weighted by Crippen LogP contribution is 2.41. The maximum absolute atomic E-state index is 12.6. The summed E-state index contributed by atoms with van der Waals surface area (Å²) in [5, 5.41) is 0. The van der Waals surface area contributed by atoms with Crippen LogP contribution < -0.4 is 0 Å². The van der Waals surface area contributed by atoms with Gasteiger partial charge in [-0.25, -0.2) is 0 Å². The molecular formula is C11H6F6. The van der Waals surface area contributed by atoms with E-state index in [9.17, 15) is 26.3 Å². The summed E-state index contributed by atoms with van der Waals surface area (Å²) in [5.41, 5.74) is -2.27. The molecule has 0 aliphatic heterocycles. The summed E-state index contributed by atoms with van der Waals surface area (Å²) in [5.74, 6) is 0. The van der Waals surface area contributed by atoms with Crippen LogP contribution in [0.5, 0.6) is 0 Å². The maximum atomic E-state index is 12.6. The lowest BCUT2D eigenvalue weighted by Crippen LogP contribution is -2.11. The lowest BCUT2D eigenvalue weighted by Gasteiger charge is -2.10. The minimum atomic E-state index is -4.64. The highest BCUT2D eigenvalue weighted by Gasteiger charge is 2.40. The fourth-order valence-corrected chi connectivity index (χ4v) is 1.80. The molecular weight excluding hydrogens is 246 g/mol. The molecule has 0 heterocycles. The number of allylic oxidation sites excluding steroid dienone is 1. The molecule has 0 aromatic heterocycles. The van der Waals surface area contributed by atoms with Crippen LogP contribution in [0.4, 0.5) is 26.3 Å². The second kappa shape index (κ2) is 3.51. The van der Waals surface area contributed by atoms with Crippen LogP contribution in [0.2, 0.25) is 0 Å². The molecule has 0 bridgehead atoms. The van der Waals surface area contributed by atoms with Crippen LogP contribution in [0.1, 0.15) is 16.7 Å². The summed E-state index contributed by atoms with van der Waals surface area (Å²) in [7, 11) is 0. The van der Waals surface area contributed by atoms with Crippen LogP contribution >= 0.6 is 0 Å². The van der Waals surface area contributed by atoms with Crippen molar-refractivity contribution in [1.82, 2.24) is 0 Å². The average Bonchev–Trinajstić information content (AvgIpc) is 2.57. The Labute approximate surface area is 92.6 Å². The highest BCUT2D eigenvalue weighted by molar-refractivity contribution is 5.68. The van der Waals surface area contributed by atoms with E-state index in [1.54, 1.807) is 0 Å². The molecule has 1 aromatic rings. The van der Waals surface area contributed by atoms with E-state index in [0.29, 0.717) is 6.08 Å². The first-order valence-electron chi connectivity index (χ1n) is 4.66. The number of halogens is 6. The first-order valence-corrected chi connectivity index (χ1v) is 4.66. The Morgan fingerprint density at radius 1 is 0.882 bits per heavy atom. The van der Waals surface area contributed by atoms with Crippen LogP contribution in [-0.2, 0) is 12.6 Å². The predicted octanol–water partition coefficient (Wildman–Crippen LogP) is 4.21. The van der Waals surface area contributed by atoms with Crippen molar-refractivity contribution in [2.45, 2.75) is 18.8 Å². The summed E-state index contributed by atoms with van der Waals surface area (Å²) in [6.07, 6.45) is -9.13. The molecule has 0 saturated heterocycles. The largest absolute Gasteiger partial charge is 0.416 e. The minimum absolute atomic E-state index is 0.0622. The smallest absolute Gasteiger partial charge is 0.166 e. The van der Waals surface area contributed by atoms with Gasteiger partial charge in [-0.05, 0) is 23.3 Å². The molecule has 0 fully saturated rings. The SMILES string of the molecule is FC(F)(F)C1=Cc2c(cccc2C(F)(F)F)C1. The van der Waals surface area contributed by atoms with Crippen molar-refractivity contribution in [1.29, 1.82) is 0 Å². The van der Waals surface area contributed by atoms with Gasteiger partial charge in [-0.1, -0.05) is 12.1 Å². The third kappa shape index (κ3) is 2.16. The zero-order valence-electron chi connectivity index (χ0n) is 8.28. The van der Waals surface area contributed by atoms with Gasteiger partial charge in [0.05, 0.1) is 5.56 Å². The van der Waals surface area contributed by atoms with Gasteiger partial charge in [-0.3, -0.25) is 0 Å². The van der Waals surface area contributed by atoms with Crippen molar-refractivity contribution in [3.8, 4) is 0 Å². The van der Waals surface area contributed by atoms with Crippen LogP contribution in [0.25, 0.3) is 6.08 Å². The van der Waals surface area contributed by atoms with E-state index in [2.05, 4.69) is 0 Å². The summed E-state index contributed by atoms with van der Waals surface area (Å²) in [4.78, 5) is 0. The molecule has 0 atom stereocenters. The number of hydrogen-bond donors (Lipinski definition) is 0. The summed E-state index contributed by atoms with van der Waals surface area (Å²) >= 11 is 0. The fraction of sp³-hybridized carbons (Fsp3) is 0.273. The quantitative estimate of drug-likeness (QED) is 0.607. The normalized spacial score (nSPS) is 15.8. The molecule has 0 radical (unpaired) electrons. The van der Waals surface area contributed by atoms with Gasteiger partial charge in [0.25, 0.3) is 0 Å². The van der Waals surface area contributed by atoms with E-state index in [4.69, 9.17) is 0 Å². The second-order valence-corrected chi connectivity index (χ2v) is 3.72. The highest BCUT2D eigenvalue weighted by atomic mass is 19.4. The Bertz CT molecular complexity index is 478. The van der Waals surface area contributed by atoms with E-state index in [-0.39, 0.29) is 11.1 Å². The molecule has 92 valence electrons. The fourth-order valence-electron chi connectivity index (χ4n) is 1.80. The summed E-state index contributed by atoms with van der Waals surface area (Å²) < 4.78 is 74.9. The zero-order chi connectivity index (χ0) is 12.8. The van der Waals surface area contributed by atoms with Gasteiger partial charge in [-0.2, -0.15) is 26.3 Å². The van der Waals surface area contributed by atoms with Gasteiger partial charge in [0.15, 0.2) is 0 Å². The third-order valence-electron chi connectivity index (χ3n) is 2.57. The predicted molar refractivity (Wildman–Crippen MR) is 49.2 cm³/mol. The van der Waals surface area contributed by atoms with Crippen molar-refractivity contribution < 1.29 is 26.3 Å². The van der Waals surface area contributed by atoms with Crippen LogP contribution in [-0.4, -0.2) is 6.18 Å². The van der Waals surface area contributed by atoms with E-state index in [1.807, 2.05) is 0 Å². The van der Waals surface area contributed by atoms with Gasteiger partial charge in [0, 0.05) is 12.0 Å². The molecule has 0 unspecified atom stereocenters. The van der Waals surface area contributed by atoms with Gasteiger partial charge in [-0.15, -0.1) is 0 Å². The molecule has 1 aliphatic carbocycles. The molecule has 0 amide bonds. The monoisotopic (exact) mass is 252 g/mol. The topological polar surface area (TPSA) is 0 Å². The zero-order valence-corrected chi connectivity index (χ0v) is 8.28. The summed E-state index contributed by atoms with van der Waals surface area (Å²) in [6.45, 7) is 0. The Hall–Kier alpha value is -1.46.